The van der Waals surface area contributed by atoms with Gasteiger partial charge in [0.15, 0.2) is 5.84 Å². The fourth-order valence-electron chi connectivity index (χ4n) is 1.09. The topological polar surface area (TPSA) is 67.8 Å². The van der Waals surface area contributed by atoms with E-state index < -0.39 is 0 Å². The Morgan fingerprint density at radius 2 is 2.33 bits per heavy atom. The van der Waals surface area contributed by atoms with Gasteiger partial charge in [0.25, 0.3) is 0 Å². The van der Waals surface area contributed by atoms with Crippen LogP contribution >= 0.6 is 15.9 Å². The first-order valence-corrected chi connectivity index (χ1v) is 5.38. The molecule has 82 valence electrons. The summed E-state index contributed by atoms with van der Waals surface area (Å²) in [6.07, 6.45) is 0.908. The molecule has 3 N–H and O–H groups in total. The van der Waals surface area contributed by atoms with Crippen molar-refractivity contribution in [3.05, 3.63) is 28.2 Å². The number of oxime groups is 1. The summed E-state index contributed by atoms with van der Waals surface area (Å²) in [6, 6.07) is 5.38. The van der Waals surface area contributed by atoms with Crippen molar-refractivity contribution in [1.82, 2.24) is 0 Å². The van der Waals surface area contributed by atoms with E-state index in [-0.39, 0.29) is 5.84 Å². The fraction of sp³-hybridized carbons (Fsp3) is 0.300. The number of ether oxygens (including phenoxy) is 1. The second-order valence-electron chi connectivity index (χ2n) is 2.97. The van der Waals surface area contributed by atoms with Crippen LogP contribution < -0.4 is 10.5 Å². The summed E-state index contributed by atoms with van der Waals surface area (Å²) in [4.78, 5) is 0. The van der Waals surface area contributed by atoms with Crippen LogP contribution in [0.25, 0.3) is 0 Å². The first kappa shape index (κ1) is 11.8. The number of benzene rings is 1. The summed E-state index contributed by atoms with van der Waals surface area (Å²) in [6.45, 7) is 2.62. The number of nitrogens with zero attached hydrogens (tertiary/aromatic N) is 1. The van der Waals surface area contributed by atoms with Gasteiger partial charge in [0, 0.05) is 4.47 Å². The van der Waals surface area contributed by atoms with Gasteiger partial charge < -0.3 is 15.7 Å². The Morgan fingerprint density at radius 1 is 1.60 bits per heavy atom. The van der Waals surface area contributed by atoms with Crippen molar-refractivity contribution in [2.45, 2.75) is 13.3 Å². The maximum Gasteiger partial charge on any atom is 0.173 e. The minimum absolute atomic E-state index is 0.0439. The molecule has 0 aromatic heterocycles. The number of halogens is 1. The number of hydrogen-bond acceptors (Lipinski definition) is 3. The molecule has 1 aromatic rings. The molecule has 0 saturated carbocycles. The molecule has 0 radical (unpaired) electrons. The molecule has 0 amide bonds. The molecule has 0 fully saturated rings. The predicted molar refractivity (Wildman–Crippen MR) is 62.4 cm³/mol. The van der Waals surface area contributed by atoms with Crippen LogP contribution in [0.4, 0.5) is 0 Å². The Balaban J connectivity index is 3.03. The fourth-order valence-corrected chi connectivity index (χ4v) is 1.46. The molecule has 0 saturated heterocycles. The third kappa shape index (κ3) is 3.13. The van der Waals surface area contributed by atoms with Crippen molar-refractivity contribution in [1.29, 1.82) is 0 Å². The Hall–Kier alpha value is -1.23. The van der Waals surface area contributed by atoms with Gasteiger partial charge in [-0.05, 0) is 24.6 Å². The van der Waals surface area contributed by atoms with Gasteiger partial charge in [0.05, 0.1) is 12.2 Å². The molecule has 0 spiro atoms. The largest absolute Gasteiger partial charge is 0.493 e. The first-order valence-electron chi connectivity index (χ1n) is 4.59. The van der Waals surface area contributed by atoms with Crippen molar-refractivity contribution < 1.29 is 9.94 Å². The zero-order chi connectivity index (χ0) is 11.3. The third-order valence-corrected chi connectivity index (χ3v) is 2.28. The van der Waals surface area contributed by atoms with Gasteiger partial charge in [-0.15, -0.1) is 0 Å². The van der Waals surface area contributed by atoms with Crippen molar-refractivity contribution in [2.75, 3.05) is 6.61 Å². The summed E-state index contributed by atoms with van der Waals surface area (Å²) >= 11 is 3.31. The molecular formula is C10H13BrN2O2. The summed E-state index contributed by atoms with van der Waals surface area (Å²) in [5, 5.41) is 11.6. The molecule has 4 nitrogen and oxygen atoms in total. The van der Waals surface area contributed by atoms with Crippen LogP contribution in [0.15, 0.2) is 27.8 Å². The molecule has 1 rings (SSSR count). The van der Waals surface area contributed by atoms with Crippen LogP contribution in [0.3, 0.4) is 0 Å². The molecule has 0 unspecified atom stereocenters. The monoisotopic (exact) mass is 272 g/mol. The van der Waals surface area contributed by atoms with Crippen LogP contribution in [0.1, 0.15) is 18.9 Å². The highest BCUT2D eigenvalue weighted by molar-refractivity contribution is 9.10. The van der Waals surface area contributed by atoms with E-state index in [2.05, 4.69) is 21.1 Å². The normalized spacial score (nSPS) is 11.5. The zero-order valence-electron chi connectivity index (χ0n) is 8.40. The Labute approximate surface area is 96.9 Å². The summed E-state index contributed by atoms with van der Waals surface area (Å²) in [7, 11) is 0. The van der Waals surface area contributed by atoms with Gasteiger partial charge in [-0.25, -0.2) is 0 Å². The van der Waals surface area contributed by atoms with Crippen molar-refractivity contribution >= 4 is 21.8 Å². The van der Waals surface area contributed by atoms with E-state index in [4.69, 9.17) is 15.7 Å². The average Bonchev–Trinajstić information content (AvgIpc) is 2.26. The van der Waals surface area contributed by atoms with Crippen molar-refractivity contribution in [2.24, 2.45) is 10.9 Å². The second kappa shape index (κ2) is 5.60. The van der Waals surface area contributed by atoms with Gasteiger partial charge in [-0.3, -0.25) is 0 Å². The van der Waals surface area contributed by atoms with Gasteiger partial charge >= 0.3 is 0 Å². The molecule has 5 heteroatoms. The van der Waals surface area contributed by atoms with E-state index in [1.54, 1.807) is 12.1 Å². The van der Waals surface area contributed by atoms with Gasteiger partial charge in [-0.2, -0.15) is 0 Å². The van der Waals surface area contributed by atoms with Crippen LogP contribution in [-0.4, -0.2) is 17.6 Å². The van der Waals surface area contributed by atoms with Crippen molar-refractivity contribution in [3.63, 3.8) is 0 Å². The van der Waals surface area contributed by atoms with Gasteiger partial charge in [-0.1, -0.05) is 28.0 Å². The first-order chi connectivity index (χ1) is 7.19. The minimum atomic E-state index is 0.0439. The van der Waals surface area contributed by atoms with Crippen molar-refractivity contribution in [3.8, 4) is 5.75 Å². The van der Waals surface area contributed by atoms with Crippen LogP contribution in [0.5, 0.6) is 5.75 Å². The maximum atomic E-state index is 8.62. The van der Waals surface area contributed by atoms with Crippen LogP contribution in [0.2, 0.25) is 0 Å². The molecule has 0 aliphatic heterocycles. The second-order valence-corrected chi connectivity index (χ2v) is 3.89. The summed E-state index contributed by atoms with van der Waals surface area (Å²) < 4.78 is 6.33. The highest BCUT2D eigenvalue weighted by Crippen LogP contribution is 2.23. The number of rotatable bonds is 4. The third-order valence-electron chi connectivity index (χ3n) is 1.79. The van der Waals surface area contributed by atoms with Crippen LogP contribution in [0, 0.1) is 0 Å². The van der Waals surface area contributed by atoms with Crippen LogP contribution in [-0.2, 0) is 0 Å². The van der Waals surface area contributed by atoms with E-state index in [0.29, 0.717) is 17.9 Å². The molecule has 0 heterocycles. The quantitative estimate of drug-likeness (QED) is 0.383. The maximum absolute atomic E-state index is 8.62. The smallest absolute Gasteiger partial charge is 0.173 e. The van der Waals surface area contributed by atoms with E-state index in [1.807, 2.05) is 13.0 Å². The average molecular weight is 273 g/mol. The standard InChI is InChI=1S/C10H13BrN2O2/c1-2-5-15-9-4-3-7(11)6-8(9)10(12)13-14/h3-4,6,14H,2,5H2,1H3,(H2,12,13). The SMILES string of the molecule is CCCOc1ccc(Br)cc1/C(N)=N/O. The lowest BCUT2D eigenvalue weighted by molar-refractivity contribution is 0.311. The summed E-state index contributed by atoms with van der Waals surface area (Å²) in [5.74, 6) is 0.665. The molecular weight excluding hydrogens is 260 g/mol. The number of amidine groups is 1. The molecule has 0 bridgehead atoms. The van der Waals surface area contributed by atoms with E-state index in [9.17, 15) is 0 Å². The summed E-state index contributed by atoms with van der Waals surface area (Å²) in [5.41, 5.74) is 6.12. The van der Waals surface area contributed by atoms with Gasteiger partial charge in [0.1, 0.15) is 5.75 Å². The number of nitrogens with two attached hydrogens (primary N) is 1. The molecule has 0 aliphatic rings. The lowest BCUT2D eigenvalue weighted by Gasteiger charge is -2.09. The number of hydrogen-bond donors (Lipinski definition) is 2. The lowest BCUT2D eigenvalue weighted by Crippen LogP contribution is -2.15. The predicted octanol–water partition coefficient (Wildman–Crippen LogP) is 2.33. The van der Waals surface area contributed by atoms with E-state index >= 15 is 0 Å². The zero-order valence-corrected chi connectivity index (χ0v) is 9.99. The molecule has 15 heavy (non-hydrogen) atoms. The highest BCUT2D eigenvalue weighted by atomic mass is 79.9. The van der Waals surface area contributed by atoms with E-state index in [1.165, 1.54) is 0 Å². The Morgan fingerprint density at radius 3 is 2.93 bits per heavy atom. The molecule has 1 aromatic carbocycles. The van der Waals surface area contributed by atoms with Gasteiger partial charge in [0.2, 0.25) is 0 Å². The Bertz CT molecular complexity index is 366. The highest BCUT2D eigenvalue weighted by Gasteiger charge is 2.08. The lowest BCUT2D eigenvalue weighted by atomic mass is 10.2. The minimum Gasteiger partial charge on any atom is -0.493 e. The Kier molecular flexibility index (Phi) is 4.42. The molecule has 0 atom stereocenters. The van der Waals surface area contributed by atoms with E-state index in [0.717, 1.165) is 10.9 Å². The molecule has 0 aliphatic carbocycles.